The topological polar surface area (TPSA) is 29.3 Å². The summed E-state index contributed by atoms with van der Waals surface area (Å²) in [6.45, 7) is 2.63. The molecule has 0 radical (unpaired) electrons. The van der Waals surface area contributed by atoms with Crippen molar-refractivity contribution in [3.05, 3.63) is 63.9 Å². The van der Waals surface area contributed by atoms with Crippen molar-refractivity contribution in [3.8, 4) is 0 Å². The van der Waals surface area contributed by atoms with E-state index in [0.29, 0.717) is 0 Å². The number of rotatable bonds is 2. The van der Waals surface area contributed by atoms with Crippen molar-refractivity contribution in [2.24, 2.45) is 0 Å². The summed E-state index contributed by atoms with van der Waals surface area (Å²) in [5.74, 6) is -0.368. The molecule has 0 amide bonds. The fourth-order valence-electron chi connectivity index (χ4n) is 2.67. The molecule has 0 saturated carbocycles. The summed E-state index contributed by atoms with van der Waals surface area (Å²) in [4.78, 5) is 2.32. The molecule has 2 N–H and O–H groups in total. The molecule has 0 bridgehead atoms. The predicted octanol–water partition coefficient (Wildman–Crippen LogP) is 3.62. The maximum absolute atomic E-state index is 13.2. The van der Waals surface area contributed by atoms with Crippen LogP contribution in [0.2, 0.25) is 5.02 Å². The second kappa shape index (κ2) is 5.43. The van der Waals surface area contributed by atoms with E-state index in [9.17, 15) is 4.39 Å². The summed E-state index contributed by atoms with van der Waals surface area (Å²) in [7, 11) is 0. The lowest BCUT2D eigenvalue weighted by atomic mass is 9.99. The number of halogens is 2. The molecule has 1 aliphatic heterocycles. The molecule has 0 saturated heterocycles. The van der Waals surface area contributed by atoms with E-state index in [4.69, 9.17) is 17.3 Å². The Kier molecular flexibility index (Phi) is 3.64. The van der Waals surface area contributed by atoms with Crippen molar-refractivity contribution in [1.82, 2.24) is 4.90 Å². The summed E-state index contributed by atoms with van der Waals surface area (Å²) < 4.78 is 13.2. The fourth-order valence-corrected chi connectivity index (χ4v) is 2.87. The second-order valence-corrected chi connectivity index (χ2v) is 5.64. The average molecular weight is 291 g/mol. The van der Waals surface area contributed by atoms with Gasteiger partial charge in [-0.1, -0.05) is 23.7 Å². The lowest BCUT2D eigenvalue weighted by Crippen LogP contribution is -2.30. The molecule has 0 fully saturated rings. The van der Waals surface area contributed by atoms with Gasteiger partial charge in [-0.15, -0.1) is 0 Å². The standard InChI is InChI=1S/C16H16ClFN2/c17-15-7-11(1-4-16(15)18)9-20-6-5-12-2-3-14(19)8-13(12)10-20/h1-4,7-8H,5-6,9-10,19H2. The SMILES string of the molecule is Nc1ccc2c(c1)CN(Cc1ccc(F)c(Cl)c1)CC2. The molecule has 104 valence electrons. The van der Waals surface area contributed by atoms with Crippen molar-refractivity contribution in [2.45, 2.75) is 19.5 Å². The van der Waals surface area contributed by atoms with Crippen LogP contribution in [0.5, 0.6) is 0 Å². The van der Waals surface area contributed by atoms with Gasteiger partial charge in [0.15, 0.2) is 0 Å². The Morgan fingerprint density at radius 1 is 1.15 bits per heavy atom. The number of benzene rings is 2. The van der Waals surface area contributed by atoms with Crippen LogP contribution in [0.15, 0.2) is 36.4 Å². The van der Waals surface area contributed by atoms with E-state index in [1.165, 1.54) is 17.2 Å². The molecule has 0 unspecified atom stereocenters. The molecular weight excluding hydrogens is 275 g/mol. The van der Waals surface area contributed by atoms with Crippen LogP contribution in [0.1, 0.15) is 16.7 Å². The monoisotopic (exact) mass is 290 g/mol. The summed E-state index contributed by atoms with van der Waals surface area (Å²) in [6.07, 6.45) is 1.02. The number of nitrogen functional groups attached to an aromatic ring is 1. The maximum atomic E-state index is 13.2. The van der Waals surface area contributed by atoms with Gasteiger partial charge >= 0.3 is 0 Å². The highest BCUT2D eigenvalue weighted by atomic mass is 35.5. The van der Waals surface area contributed by atoms with Gasteiger partial charge in [0, 0.05) is 25.3 Å². The number of fused-ring (bicyclic) bond motifs is 1. The number of hydrogen-bond donors (Lipinski definition) is 1. The van der Waals surface area contributed by atoms with Crippen molar-refractivity contribution < 1.29 is 4.39 Å². The third-order valence-electron chi connectivity index (χ3n) is 3.71. The third kappa shape index (κ3) is 2.79. The molecule has 3 rings (SSSR count). The molecule has 0 spiro atoms. The zero-order chi connectivity index (χ0) is 14.1. The van der Waals surface area contributed by atoms with Gasteiger partial charge in [-0.2, -0.15) is 0 Å². The van der Waals surface area contributed by atoms with Crippen LogP contribution >= 0.6 is 11.6 Å². The quantitative estimate of drug-likeness (QED) is 0.856. The van der Waals surface area contributed by atoms with E-state index in [1.54, 1.807) is 12.1 Å². The van der Waals surface area contributed by atoms with E-state index in [-0.39, 0.29) is 10.8 Å². The smallest absolute Gasteiger partial charge is 0.141 e. The van der Waals surface area contributed by atoms with E-state index in [0.717, 1.165) is 37.3 Å². The Balaban J connectivity index is 1.75. The zero-order valence-corrected chi connectivity index (χ0v) is 11.8. The first-order valence-electron chi connectivity index (χ1n) is 6.65. The van der Waals surface area contributed by atoms with Crippen LogP contribution in [0, 0.1) is 5.82 Å². The first-order chi connectivity index (χ1) is 9.61. The number of anilines is 1. The van der Waals surface area contributed by atoms with Gasteiger partial charge in [0.1, 0.15) is 5.82 Å². The highest BCUT2D eigenvalue weighted by Gasteiger charge is 2.16. The Labute approximate surface area is 123 Å². The molecule has 0 aliphatic carbocycles. The summed E-state index contributed by atoms with van der Waals surface area (Å²) in [6, 6.07) is 11.0. The lowest BCUT2D eigenvalue weighted by molar-refractivity contribution is 0.245. The first-order valence-corrected chi connectivity index (χ1v) is 7.03. The van der Waals surface area contributed by atoms with Gasteiger partial charge in [0.2, 0.25) is 0 Å². The predicted molar refractivity (Wildman–Crippen MR) is 80.1 cm³/mol. The molecule has 1 aliphatic rings. The van der Waals surface area contributed by atoms with Crippen molar-refractivity contribution >= 4 is 17.3 Å². The largest absolute Gasteiger partial charge is 0.399 e. The van der Waals surface area contributed by atoms with Crippen LogP contribution < -0.4 is 5.73 Å². The minimum atomic E-state index is -0.368. The van der Waals surface area contributed by atoms with Crippen molar-refractivity contribution in [2.75, 3.05) is 12.3 Å². The summed E-state index contributed by atoms with van der Waals surface area (Å²) >= 11 is 5.82. The summed E-state index contributed by atoms with van der Waals surface area (Å²) in [5.41, 5.74) is 10.3. The summed E-state index contributed by atoms with van der Waals surface area (Å²) in [5, 5.41) is 0.184. The number of nitrogens with two attached hydrogens (primary N) is 1. The minimum absolute atomic E-state index is 0.184. The molecule has 2 aromatic carbocycles. The lowest BCUT2D eigenvalue weighted by Gasteiger charge is -2.29. The van der Waals surface area contributed by atoms with E-state index >= 15 is 0 Å². The van der Waals surface area contributed by atoms with Crippen LogP contribution in [0.25, 0.3) is 0 Å². The van der Waals surface area contributed by atoms with E-state index in [2.05, 4.69) is 11.0 Å². The van der Waals surface area contributed by atoms with Gasteiger partial charge < -0.3 is 5.73 Å². The first kappa shape index (κ1) is 13.4. The van der Waals surface area contributed by atoms with E-state index in [1.807, 2.05) is 12.1 Å². The van der Waals surface area contributed by atoms with Gasteiger partial charge in [0.05, 0.1) is 5.02 Å². The van der Waals surface area contributed by atoms with Crippen LogP contribution in [-0.2, 0) is 19.5 Å². The maximum Gasteiger partial charge on any atom is 0.141 e. The molecule has 2 aromatic rings. The highest BCUT2D eigenvalue weighted by Crippen LogP contribution is 2.24. The normalized spacial score (nSPS) is 15.1. The molecule has 1 heterocycles. The highest BCUT2D eigenvalue weighted by molar-refractivity contribution is 6.30. The van der Waals surface area contributed by atoms with Gasteiger partial charge in [-0.05, 0) is 47.4 Å². The molecule has 2 nitrogen and oxygen atoms in total. The number of hydrogen-bond acceptors (Lipinski definition) is 2. The Morgan fingerprint density at radius 3 is 2.80 bits per heavy atom. The molecule has 4 heteroatoms. The number of nitrogens with zero attached hydrogens (tertiary/aromatic N) is 1. The van der Waals surface area contributed by atoms with Gasteiger partial charge in [0.25, 0.3) is 0 Å². The molecule has 20 heavy (non-hydrogen) atoms. The van der Waals surface area contributed by atoms with Crippen molar-refractivity contribution in [1.29, 1.82) is 0 Å². The Bertz CT molecular complexity index is 642. The van der Waals surface area contributed by atoms with Gasteiger partial charge in [-0.25, -0.2) is 4.39 Å². The minimum Gasteiger partial charge on any atom is -0.399 e. The Hall–Kier alpha value is -1.58. The van der Waals surface area contributed by atoms with E-state index < -0.39 is 0 Å². The van der Waals surface area contributed by atoms with Crippen LogP contribution in [0.3, 0.4) is 0 Å². The fraction of sp³-hybridized carbons (Fsp3) is 0.250. The third-order valence-corrected chi connectivity index (χ3v) is 4.00. The second-order valence-electron chi connectivity index (χ2n) is 5.24. The Morgan fingerprint density at radius 2 is 2.00 bits per heavy atom. The molecule has 0 atom stereocenters. The van der Waals surface area contributed by atoms with Crippen LogP contribution in [0.4, 0.5) is 10.1 Å². The molecule has 0 aromatic heterocycles. The average Bonchev–Trinajstić information content (AvgIpc) is 2.42. The van der Waals surface area contributed by atoms with Gasteiger partial charge in [-0.3, -0.25) is 4.90 Å². The molecular formula is C16H16ClFN2. The zero-order valence-electron chi connectivity index (χ0n) is 11.1. The van der Waals surface area contributed by atoms with Crippen molar-refractivity contribution in [3.63, 3.8) is 0 Å². The van der Waals surface area contributed by atoms with Crippen LogP contribution in [-0.4, -0.2) is 11.4 Å².